The maximum absolute atomic E-state index is 11.5. The van der Waals surface area contributed by atoms with E-state index < -0.39 is 10.7 Å². The van der Waals surface area contributed by atoms with Gasteiger partial charge in [0.1, 0.15) is 6.61 Å². The van der Waals surface area contributed by atoms with Crippen LogP contribution in [0.3, 0.4) is 0 Å². The molecule has 1 rings (SSSR count). The van der Waals surface area contributed by atoms with Crippen molar-refractivity contribution in [1.29, 1.82) is 0 Å². The zero-order valence-electron chi connectivity index (χ0n) is 10.6. The van der Waals surface area contributed by atoms with Crippen LogP contribution in [0.5, 0.6) is 0 Å². The molecule has 0 aliphatic rings. The maximum Gasteiger partial charge on any atom is 0.306 e. The van der Waals surface area contributed by atoms with Gasteiger partial charge in [-0.2, -0.15) is 0 Å². The SMILES string of the molecule is CC(C)(CCC(=O)OCc1ccccc1)C(=O)Cl. The molecule has 0 heterocycles. The van der Waals surface area contributed by atoms with Crippen LogP contribution in [0.25, 0.3) is 0 Å². The van der Waals surface area contributed by atoms with E-state index in [4.69, 9.17) is 16.3 Å². The zero-order valence-corrected chi connectivity index (χ0v) is 11.4. The van der Waals surface area contributed by atoms with Gasteiger partial charge in [0.15, 0.2) is 0 Å². The lowest BCUT2D eigenvalue weighted by Crippen LogP contribution is -2.21. The smallest absolute Gasteiger partial charge is 0.306 e. The van der Waals surface area contributed by atoms with Gasteiger partial charge in [-0.15, -0.1) is 0 Å². The predicted octanol–water partition coefficient (Wildman–Crippen LogP) is 3.30. The Kier molecular flexibility index (Phi) is 5.35. The fourth-order valence-corrected chi connectivity index (χ4v) is 1.42. The van der Waals surface area contributed by atoms with Gasteiger partial charge in [-0.3, -0.25) is 9.59 Å². The average molecular weight is 269 g/mol. The molecule has 0 aliphatic carbocycles. The summed E-state index contributed by atoms with van der Waals surface area (Å²) in [6.45, 7) is 3.69. The Morgan fingerprint density at radius 1 is 1.22 bits per heavy atom. The van der Waals surface area contributed by atoms with Crippen LogP contribution in [0.15, 0.2) is 30.3 Å². The molecule has 0 fully saturated rings. The Morgan fingerprint density at radius 3 is 2.39 bits per heavy atom. The third-order valence-corrected chi connectivity index (χ3v) is 3.24. The molecule has 0 atom stereocenters. The van der Waals surface area contributed by atoms with Crippen molar-refractivity contribution in [3.63, 3.8) is 0 Å². The summed E-state index contributed by atoms with van der Waals surface area (Å²) in [6.07, 6.45) is 0.585. The van der Waals surface area contributed by atoms with E-state index in [2.05, 4.69) is 0 Å². The van der Waals surface area contributed by atoms with E-state index in [1.54, 1.807) is 13.8 Å². The second kappa shape index (κ2) is 6.55. The summed E-state index contributed by atoms with van der Waals surface area (Å²) in [4.78, 5) is 22.6. The Hall–Kier alpha value is -1.35. The van der Waals surface area contributed by atoms with Gasteiger partial charge < -0.3 is 4.74 Å². The van der Waals surface area contributed by atoms with Crippen molar-refractivity contribution < 1.29 is 14.3 Å². The van der Waals surface area contributed by atoms with E-state index in [1.165, 1.54) is 0 Å². The Bertz CT molecular complexity index is 412. The van der Waals surface area contributed by atoms with Crippen LogP contribution in [-0.4, -0.2) is 11.2 Å². The number of ether oxygens (including phenoxy) is 1. The molecule has 0 unspecified atom stereocenters. The molecular formula is C14H17ClO3. The van der Waals surface area contributed by atoms with E-state index in [-0.39, 0.29) is 19.0 Å². The van der Waals surface area contributed by atoms with Crippen molar-refractivity contribution in [1.82, 2.24) is 0 Å². The summed E-state index contributed by atoms with van der Waals surface area (Å²) in [5, 5.41) is -0.432. The van der Waals surface area contributed by atoms with Crippen LogP contribution in [-0.2, 0) is 20.9 Å². The molecule has 0 radical (unpaired) electrons. The molecule has 4 heteroatoms. The largest absolute Gasteiger partial charge is 0.461 e. The predicted molar refractivity (Wildman–Crippen MR) is 70.1 cm³/mol. The Labute approximate surface area is 112 Å². The van der Waals surface area contributed by atoms with E-state index in [0.717, 1.165) is 5.56 Å². The summed E-state index contributed by atoms with van der Waals surface area (Å²) >= 11 is 5.43. The fraction of sp³-hybridized carbons (Fsp3) is 0.429. The van der Waals surface area contributed by atoms with Crippen molar-refractivity contribution in [3.8, 4) is 0 Å². The Balaban J connectivity index is 2.33. The highest BCUT2D eigenvalue weighted by molar-refractivity contribution is 6.64. The highest BCUT2D eigenvalue weighted by Gasteiger charge is 2.26. The van der Waals surface area contributed by atoms with Gasteiger partial charge in [-0.1, -0.05) is 44.2 Å². The summed E-state index contributed by atoms with van der Waals surface area (Å²) in [6, 6.07) is 9.45. The average Bonchev–Trinajstić information content (AvgIpc) is 2.35. The quantitative estimate of drug-likeness (QED) is 0.587. The third kappa shape index (κ3) is 4.88. The molecule has 0 saturated carbocycles. The minimum atomic E-state index is -0.687. The number of carbonyl (C=O) groups excluding carboxylic acids is 2. The van der Waals surface area contributed by atoms with E-state index in [9.17, 15) is 9.59 Å². The van der Waals surface area contributed by atoms with Crippen LogP contribution < -0.4 is 0 Å². The summed E-state index contributed by atoms with van der Waals surface area (Å²) in [5.41, 5.74) is 0.256. The molecule has 0 aromatic heterocycles. The lowest BCUT2D eigenvalue weighted by atomic mass is 9.89. The van der Waals surface area contributed by atoms with Gasteiger partial charge in [0.2, 0.25) is 5.24 Å². The Morgan fingerprint density at radius 2 is 1.83 bits per heavy atom. The normalized spacial score (nSPS) is 11.1. The third-order valence-electron chi connectivity index (χ3n) is 2.73. The van der Waals surface area contributed by atoms with Crippen LogP contribution in [0.2, 0.25) is 0 Å². The van der Waals surface area contributed by atoms with E-state index >= 15 is 0 Å². The molecular weight excluding hydrogens is 252 g/mol. The molecule has 0 aliphatic heterocycles. The molecule has 18 heavy (non-hydrogen) atoms. The number of hydrogen-bond acceptors (Lipinski definition) is 3. The number of halogens is 1. The molecule has 0 N–H and O–H groups in total. The van der Waals surface area contributed by atoms with Gasteiger partial charge in [0.05, 0.1) is 0 Å². The number of esters is 1. The van der Waals surface area contributed by atoms with Crippen LogP contribution >= 0.6 is 11.6 Å². The first-order chi connectivity index (χ1) is 8.42. The van der Waals surface area contributed by atoms with Gasteiger partial charge in [0.25, 0.3) is 0 Å². The standard InChI is InChI=1S/C14H17ClO3/c1-14(2,13(15)17)9-8-12(16)18-10-11-6-4-3-5-7-11/h3-7H,8-10H2,1-2H3. The minimum absolute atomic E-state index is 0.193. The second-order valence-electron chi connectivity index (χ2n) is 4.80. The monoisotopic (exact) mass is 268 g/mol. The van der Waals surface area contributed by atoms with Crippen molar-refractivity contribution in [2.45, 2.75) is 33.3 Å². The van der Waals surface area contributed by atoms with E-state index in [0.29, 0.717) is 6.42 Å². The number of carbonyl (C=O) groups is 2. The lowest BCUT2D eigenvalue weighted by molar-refractivity contribution is -0.145. The highest BCUT2D eigenvalue weighted by Crippen LogP contribution is 2.25. The van der Waals surface area contributed by atoms with Gasteiger partial charge in [-0.25, -0.2) is 0 Å². The second-order valence-corrected chi connectivity index (χ2v) is 5.15. The highest BCUT2D eigenvalue weighted by atomic mass is 35.5. The van der Waals surface area contributed by atoms with Crippen LogP contribution in [0.4, 0.5) is 0 Å². The van der Waals surface area contributed by atoms with Gasteiger partial charge >= 0.3 is 5.97 Å². The molecule has 98 valence electrons. The first-order valence-corrected chi connectivity index (χ1v) is 6.19. The molecule has 0 spiro atoms. The van der Waals surface area contributed by atoms with Crippen molar-refractivity contribution in [3.05, 3.63) is 35.9 Å². The first kappa shape index (κ1) is 14.7. The number of hydrogen-bond donors (Lipinski definition) is 0. The molecule has 0 bridgehead atoms. The van der Waals surface area contributed by atoms with Crippen LogP contribution in [0.1, 0.15) is 32.3 Å². The molecule has 1 aromatic rings. The molecule has 0 saturated heterocycles. The van der Waals surface area contributed by atoms with Gasteiger partial charge in [-0.05, 0) is 23.6 Å². The fourth-order valence-electron chi connectivity index (χ4n) is 1.32. The topological polar surface area (TPSA) is 43.4 Å². The van der Waals surface area contributed by atoms with Gasteiger partial charge in [0, 0.05) is 11.8 Å². The van der Waals surface area contributed by atoms with Crippen molar-refractivity contribution >= 4 is 22.8 Å². The molecule has 1 aromatic carbocycles. The first-order valence-electron chi connectivity index (χ1n) is 5.81. The molecule has 0 amide bonds. The summed E-state index contributed by atoms with van der Waals surface area (Å²) < 4.78 is 5.11. The van der Waals surface area contributed by atoms with E-state index in [1.807, 2.05) is 30.3 Å². The zero-order chi connectivity index (χ0) is 13.6. The number of benzene rings is 1. The molecule has 3 nitrogen and oxygen atoms in total. The van der Waals surface area contributed by atoms with Crippen LogP contribution in [0, 0.1) is 5.41 Å². The lowest BCUT2D eigenvalue weighted by Gasteiger charge is -2.18. The maximum atomic E-state index is 11.5. The number of rotatable bonds is 6. The van der Waals surface area contributed by atoms with Crippen molar-refractivity contribution in [2.24, 2.45) is 5.41 Å². The van der Waals surface area contributed by atoms with Crippen molar-refractivity contribution in [2.75, 3.05) is 0 Å². The summed E-state index contributed by atoms with van der Waals surface area (Å²) in [7, 11) is 0. The summed E-state index contributed by atoms with van der Waals surface area (Å²) in [5.74, 6) is -0.315. The minimum Gasteiger partial charge on any atom is -0.461 e.